The molecule has 0 radical (unpaired) electrons. The van der Waals surface area contributed by atoms with Gasteiger partial charge in [-0.25, -0.2) is 14.8 Å². The molecule has 3 N–H and O–H groups in total. The highest BCUT2D eigenvalue weighted by Gasteiger charge is 2.19. The summed E-state index contributed by atoms with van der Waals surface area (Å²) in [6.45, 7) is 12.2. The van der Waals surface area contributed by atoms with Crippen LogP contribution in [0.1, 0.15) is 52.5 Å². The van der Waals surface area contributed by atoms with Crippen LogP contribution < -0.4 is 15.5 Å². The molecule has 1 aromatic heterocycles. The first-order chi connectivity index (χ1) is 14.7. The maximum atomic E-state index is 12.7. The zero-order valence-electron chi connectivity index (χ0n) is 18.9. The van der Waals surface area contributed by atoms with Crippen molar-refractivity contribution >= 4 is 29.1 Å². The van der Waals surface area contributed by atoms with Gasteiger partial charge in [0.15, 0.2) is 0 Å². The Morgan fingerprint density at radius 3 is 2.16 bits per heavy atom. The van der Waals surface area contributed by atoms with E-state index in [-0.39, 0.29) is 12.3 Å². The molecule has 1 aromatic carbocycles. The van der Waals surface area contributed by atoms with Crippen molar-refractivity contribution in [1.82, 2.24) is 9.97 Å². The van der Waals surface area contributed by atoms with E-state index < -0.39 is 12.0 Å². The molecular formula is C23H33N5O3. The minimum atomic E-state index is -0.853. The molecule has 0 unspecified atom stereocenters. The number of carbonyl (C=O) groups is 2. The third kappa shape index (κ3) is 7.88. The van der Waals surface area contributed by atoms with Crippen molar-refractivity contribution in [3.8, 4) is 0 Å². The topological polar surface area (TPSA) is 107 Å². The number of nitrogens with zero attached hydrogens (tertiary/aromatic N) is 3. The first-order valence-electron chi connectivity index (χ1n) is 10.6. The third-order valence-electron chi connectivity index (χ3n) is 4.65. The summed E-state index contributed by atoms with van der Waals surface area (Å²) in [5.74, 6) is -0.157. The Balaban J connectivity index is 2.37. The SMILES string of the molecule is CC(C)CN(CC(C)C)c1ccc([C@@H](C)CC(=O)O)cc1NC(=O)Nc1cncnc1. The van der Waals surface area contributed by atoms with Gasteiger partial charge < -0.3 is 20.6 Å². The molecule has 8 heteroatoms. The summed E-state index contributed by atoms with van der Waals surface area (Å²) in [7, 11) is 0. The summed E-state index contributed by atoms with van der Waals surface area (Å²) in [5.41, 5.74) is 2.90. The van der Waals surface area contributed by atoms with Crippen LogP contribution >= 0.6 is 0 Å². The smallest absolute Gasteiger partial charge is 0.323 e. The molecule has 0 spiro atoms. The summed E-state index contributed by atoms with van der Waals surface area (Å²) < 4.78 is 0. The fourth-order valence-electron chi connectivity index (χ4n) is 3.42. The number of anilines is 3. The lowest BCUT2D eigenvalue weighted by molar-refractivity contribution is -0.137. The first kappa shape index (κ1) is 24.1. The zero-order chi connectivity index (χ0) is 23.0. The normalized spacial score (nSPS) is 12.0. The average Bonchev–Trinajstić information content (AvgIpc) is 2.67. The van der Waals surface area contributed by atoms with Gasteiger partial charge in [0.2, 0.25) is 0 Å². The molecule has 2 amide bonds. The van der Waals surface area contributed by atoms with Crippen LogP contribution in [-0.4, -0.2) is 40.2 Å². The van der Waals surface area contributed by atoms with Crippen molar-refractivity contribution < 1.29 is 14.7 Å². The van der Waals surface area contributed by atoms with Crippen LogP contribution in [0.2, 0.25) is 0 Å². The molecular weight excluding hydrogens is 394 g/mol. The summed E-state index contributed by atoms with van der Waals surface area (Å²) in [6.07, 6.45) is 4.45. The molecule has 1 heterocycles. The van der Waals surface area contributed by atoms with E-state index in [1.54, 1.807) is 0 Å². The van der Waals surface area contributed by atoms with Gasteiger partial charge in [-0.1, -0.05) is 40.7 Å². The Kier molecular flexibility index (Phi) is 8.78. The number of urea groups is 1. The number of nitrogens with one attached hydrogen (secondary N) is 2. The van der Waals surface area contributed by atoms with E-state index in [2.05, 4.69) is 53.2 Å². The molecule has 0 saturated heterocycles. The summed E-state index contributed by atoms with van der Waals surface area (Å²) in [6, 6.07) is 5.38. The van der Waals surface area contributed by atoms with E-state index in [1.165, 1.54) is 18.7 Å². The van der Waals surface area contributed by atoms with Crippen molar-refractivity contribution in [2.24, 2.45) is 11.8 Å². The first-order valence-corrected chi connectivity index (χ1v) is 10.6. The number of hydrogen-bond donors (Lipinski definition) is 3. The van der Waals surface area contributed by atoms with E-state index in [9.17, 15) is 9.59 Å². The molecule has 0 aliphatic heterocycles. The molecule has 31 heavy (non-hydrogen) atoms. The van der Waals surface area contributed by atoms with Crippen LogP contribution in [0.5, 0.6) is 0 Å². The molecule has 8 nitrogen and oxygen atoms in total. The molecule has 0 saturated carbocycles. The lowest BCUT2D eigenvalue weighted by atomic mass is 9.96. The monoisotopic (exact) mass is 427 g/mol. The van der Waals surface area contributed by atoms with Crippen LogP contribution in [0.15, 0.2) is 36.9 Å². The van der Waals surface area contributed by atoms with Crippen molar-refractivity contribution in [3.63, 3.8) is 0 Å². The lowest BCUT2D eigenvalue weighted by Crippen LogP contribution is -2.32. The number of aromatic nitrogens is 2. The highest BCUT2D eigenvalue weighted by atomic mass is 16.4. The second-order valence-corrected chi connectivity index (χ2v) is 8.67. The van der Waals surface area contributed by atoms with E-state index in [0.29, 0.717) is 23.2 Å². The molecule has 0 fully saturated rings. The highest BCUT2D eigenvalue weighted by Crippen LogP contribution is 2.32. The van der Waals surface area contributed by atoms with Crippen LogP contribution in [0.4, 0.5) is 21.9 Å². The van der Waals surface area contributed by atoms with Crippen molar-refractivity contribution in [3.05, 3.63) is 42.5 Å². The van der Waals surface area contributed by atoms with Gasteiger partial charge in [-0.15, -0.1) is 0 Å². The molecule has 2 rings (SSSR count). The Morgan fingerprint density at radius 2 is 1.61 bits per heavy atom. The Bertz CT molecular complexity index is 861. The molecule has 0 bridgehead atoms. The summed E-state index contributed by atoms with van der Waals surface area (Å²) >= 11 is 0. The average molecular weight is 428 g/mol. The summed E-state index contributed by atoms with van der Waals surface area (Å²) in [4.78, 5) is 33.9. The Labute approximate surface area is 184 Å². The molecule has 168 valence electrons. The number of carbonyl (C=O) groups excluding carboxylic acids is 1. The van der Waals surface area contributed by atoms with Gasteiger partial charge in [0.25, 0.3) is 0 Å². The van der Waals surface area contributed by atoms with Crippen LogP contribution in [0.3, 0.4) is 0 Å². The molecule has 1 atom stereocenters. The standard InChI is InChI=1S/C23H33N5O3/c1-15(2)12-28(13-16(3)4)21-7-6-18(17(5)8-22(29)30)9-20(21)27-23(31)26-19-10-24-14-25-11-19/h6-7,9-11,14-17H,8,12-13H2,1-5H3,(H,29,30)(H2,26,27,31)/t17-/m0/s1. The second-order valence-electron chi connectivity index (χ2n) is 8.67. The second kappa shape index (κ2) is 11.3. The minimum absolute atomic E-state index is 0.0219. The van der Waals surface area contributed by atoms with E-state index in [0.717, 1.165) is 24.3 Å². The van der Waals surface area contributed by atoms with Gasteiger partial charge in [0.05, 0.1) is 35.9 Å². The van der Waals surface area contributed by atoms with Crippen LogP contribution in [-0.2, 0) is 4.79 Å². The van der Waals surface area contributed by atoms with Gasteiger partial charge >= 0.3 is 12.0 Å². The van der Waals surface area contributed by atoms with Gasteiger partial charge in [-0.05, 0) is 35.4 Å². The fraction of sp³-hybridized carbons (Fsp3) is 0.478. The predicted molar refractivity (Wildman–Crippen MR) is 124 cm³/mol. The van der Waals surface area contributed by atoms with Crippen LogP contribution in [0, 0.1) is 11.8 Å². The van der Waals surface area contributed by atoms with E-state index in [4.69, 9.17) is 5.11 Å². The van der Waals surface area contributed by atoms with Gasteiger partial charge in [-0.2, -0.15) is 0 Å². The van der Waals surface area contributed by atoms with E-state index in [1.807, 2.05) is 25.1 Å². The van der Waals surface area contributed by atoms with Crippen molar-refractivity contribution in [2.45, 2.75) is 47.0 Å². The minimum Gasteiger partial charge on any atom is -0.481 e. The Hall–Kier alpha value is -3.16. The number of carboxylic acids is 1. The lowest BCUT2D eigenvalue weighted by Gasteiger charge is -2.31. The molecule has 0 aliphatic rings. The Morgan fingerprint density at radius 1 is 1.00 bits per heavy atom. The van der Waals surface area contributed by atoms with Gasteiger partial charge in [0.1, 0.15) is 6.33 Å². The quantitative estimate of drug-likeness (QED) is 0.502. The van der Waals surface area contributed by atoms with Gasteiger partial charge in [-0.3, -0.25) is 4.79 Å². The van der Waals surface area contributed by atoms with Crippen molar-refractivity contribution in [2.75, 3.05) is 28.6 Å². The third-order valence-corrected chi connectivity index (χ3v) is 4.65. The van der Waals surface area contributed by atoms with E-state index >= 15 is 0 Å². The zero-order valence-corrected chi connectivity index (χ0v) is 18.9. The number of carboxylic acid groups (broad SMARTS) is 1. The maximum absolute atomic E-state index is 12.7. The number of rotatable bonds is 10. The largest absolute Gasteiger partial charge is 0.481 e. The number of amides is 2. The number of aliphatic carboxylic acids is 1. The van der Waals surface area contributed by atoms with Crippen LogP contribution in [0.25, 0.3) is 0 Å². The van der Waals surface area contributed by atoms with Crippen molar-refractivity contribution in [1.29, 1.82) is 0 Å². The maximum Gasteiger partial charge on any atom is 0.323 e. The molecule has 2 aromatic rings. The number of benzene rings is 1. The van der Waals surface area contributed by atoms with Gasteiger partial charge in [0, 0.05) is 13.1 Å². The highest BCUT2D eigenvalue weighted by molar-refractivity contribution is 6.01. The predicted octanol–water partition coefficient (Wildman–Crippen LogP) is 4.82. The fourth-order valence-corrected chi connectivity index (χ4v) is 3.42. The summed E-state index contributed by atoms with van der Waals surface area (Å²) in [5, 5.41) is 14.8. The number of hydrogen-bond acceptors (Lipinski definition) is 5. The molecule has 0 aliphatic carbocycles.